The molecule has 8 heteroatoms. The zero-order chi connectivity index (χ0) is 29.2. The van der Waals surface area contributed by atoms with Gasteiger partial charge in [0, 0.05) is 43.3 Å². The molecule has 40 heavy (non-hydrogen) atoms. The molecule has 0 unspecified atom stereocenters. The molecule has 3 rings (SSSR count). The number of nitrogens with zero attached hydrogens (tertiary/aromatic N) is 1. The third kappa shape index (κ3) is 9.37. The van der Waals surface area contributed by atoms with Gasteiger partial charge < -0.3 is 20.7 Å². The molecule has 2 aromatic carbocycles. The predicted molar refractivity (Wildman–Crippen MR) is 154 cm³/mol. The second-order valence-electron chi connectivity index (χ2n) is 11.3. The number of rotatable bonds is 13. The van der Waals surface area contributed by atoms with Gasteiger partial charge in [-0.15, -0.1) is 0 Å². The number of benzene rings is 2. The van der Waals surface area contributed by atoms with Gasteiger partial charge >= 0.3 is 5.97 Å². The number of hydrogen-bond acceptors (Lipinski definition) is 5. The molecule has 1 aliphatic rings. The summed E-state index contributed by atoms with van der Waals surface area (Å²) in [6.07, 6.45) is 5.39. The maximum Gasteiger partial charge on any atom is 0.338 e. The molecular formula is C32H45F2N3O3. The summed E-state index contributed by atoms with van der Waals surface area (Å²) in [4.78, 5) is 28.4. The van der Waals surface area contributed by atoms with Crippen molar-refractivity contribution in [3.63, 3.8) is 0 Å². The average molecular weight is 558 g/mol. The Balaban J connectivity index is 1.79. The lowest BCUT2D eigenvalue weighted by molar-refractivity contribution is 0.0227. The first-order chi connectivity index (χ1) is 19.1. The van der Waals surface area contributed by atoms with E-state index in [-0.39, 0.29) is 17.9 Å². The van der Waals surface area contributed by atoms with Gasteiger partial charge in [0.05, 0.1) is 5.56 Å². The third-order valence-electron chi connectivity index (χ3n) is 7.59. The van der Waals surface area contributed by atoms with Crippen LogP contribution in [0.5, 0.6) is 0 Å². The minimum absolute atomic E-state index is 0.115. The van der Waals surface area contributed by atoms with Crippen molar-refractivity contribution in [1.29, 1.82) is 0 Å². The Morgan fingerprint density at radius 3 is 2.17 bits per heavy atom. The van der Waals surface area contributed by atoms with Crippen LogP contribution in [0, 0.1) is 24.5 Å². The van der Waals surface area contributed by atoms with E-state index in [1.165, 1.54) is 12.1 Å². The summed E-state index contributed by atoms with van der Waals surface area (Å²) in [7, 11) is 0. The van der Waals surface area contributed by atoms with Crippen LogP contribution < -0.4 is 11.1 Å². The number of ether oxygens (including phenoxy) is 1. The van der Waals surface area contributed by atoms with E-state index in [9.17, 15) is 18.4 Å². The normalized spacial score (nSPS) is 18.7. The quantitative estimate of drug-likeness (QED) is 0.304. The topological polar surface area (TPSA) is 84.7 Å². The second kappa shape index (κ2) is 15.2. The zero-order valence-corrected chi connectivity index (χ0v) is 24.3. The molecule has 0 aliphatic heterocycles. The lowest BCUT2D eigenvalue weighted by atomic mass is 9.87. The summed E-state index contributed by atoms with van der Waals surface area (Å²) in [6, 6.07) is 7.96. The first-order valence-electron chi connectivity index (χ1n) is 14.6. The second-order valence-corrected chi connectivity index (χ2v) is 11.3. The van der Waals surface area contributed by atoms with Gasteiger partial charge in [-0.1, -0.05) is 20.8 Å². The Morgan fingerprint density at radius 2 is 1.57 bits per heavy atom. The van der Waals surface area contributed by atoms with E-state index in [2.05, 4.69) is 12.2 Å². The highest BCUT2D eigenvalue weighted by molar-refractivity contribution is 5.98. The van der Waals surface area contributed by atoms with E-state index in [1.807, 2.05) is 20.8 Å². The van der Waals surface area contributed by atoms with E-state index < -0.39 is 29.7 Å². The number of nitrogens with two attached hydrogens (primary N) is 1. The van der Waals surface area contributed by atoms with Crippen molar-refractivity contribution in [2.24, 2.45) is 11.7 Å². The maximum absolute atomic E-state index is 13.8. The molecule has 0 radical (unpaired) electrons. The van der Waals surface area contributed by atoms with E-state index >= 15 is 0 Å². The fourth-order valence-electron chi connectivity index (χ4n) is 5.43. The molecule has 0 aromatic heterocycles. The Bertz CT molecular complexity index is 1110. The summed E-state index contributed by atoms with van der Waals surface area (Å²) in [5.74, 6) is -1.36. The lowest BCUT2D eigenvalue weighted by Crippen LogP contribution is -2.48. The summed E-state index contributed by atoms with van der Waals surface area (Å²) in [6.45, 7) is 9.75. The van der Waals surface area contributed by atoms with Gasteiger partial charge in [0.1, 0.15) is 17.7 Å². The number of carbonyl (C=O) groups is 2. The Kier molecular flexibility index (Phi) is 12.1. The average Bonchev–Trinajstić information content (AvgIpc) is 2.90. The number of nitrogens with one attached hydrogen (secondary N) is 1. The van der Waals surface area contributed by atoms with Crippen molar-refractivity contribution < 1.29 is 23.1 Å². The summed E-state index contributed by atoms with van der Waals surface area (Å²) < 4.78 is 33.6. The van der Waals surface area contributed by atoms with Crippen molar-refractivity contribution in [3.05, 3.63) is 70.3 Å². The first-order valence-corrected chi connectivity index (χ1v) is 14.6. The lowest BCUT2D eigenvalue weighted by Gasteiger charge is -2.30. The molecule has 1 aliphatic carbocycles. The van der Waals surface area contributed by atoms with Crippen LogP contribution in [-0.2, 0) is 11.2 Å². The van der Waals surface area contributed by atoms with Crippen LogP contribution in [0.2, 0.25) is 0 Å². The van der Waals surface area contributed by atoms with Gasteiger partial charge in [-0.2, -0.15) is 0 Å². The van der Waals surface area contributed by atoms with E-state index in [0.717, 1.165) is 50.2 Å². The van der Waals surface area contributed by atoms with Crippen molar-refractivity contribution in [2.45, 2.75) is 90.8 Å². The van der Waals surface area contributed by atoms with Crippen molar-refractivity contribution >= 4 is 11.9 Å². The third-order valence-corrected chi connectivity index (χ3v) is 7.59. The fraction of sp³-hybridized carbons (Fsp3) is 0.562. The highest BCUT2D eigenvalue weighted by atomic mass is 19.1. The molecule has 1 saturated carbocycles. The molecule has 0 spiro atoms. The van der Waals surface area contributed by atoms with E-state index in [0.29, 0.717) is 42.7 Å². The van der Waals surface area contributed by atoms with Crippen LogP contribution in [0.1, 0.15) is 91.1 Å². The highest BCUT2D eigenvalue weighted by Crippen LogP contribution is 2.24. The van der Waals surface area contributed by atoms with E-state index in [1.54, 1.807) is 23.1 Å². The summed E-state index contributed by atoms with van der Waals surface area (Å²) in [5, 5.41) is 3.51. The molecule has 0 saturated heterocycles. The highest BCUT2D eigenvalue weighted by Gasteiger charge is 2.27. The number of esters is 1. The largest absolute Gasteiger partial charge is 0.456 e. The minimum atomic E-state index is -0.741. The monoisotopic (exact) mass is 557 g/mol. The number of amides is 1. The molecular weight excluding hydrogens is 512 g/mol. The van der Waals surface area contributed by atoms with Gasteiger partial charge in [0.25, 0.3) is 5.91 Å². The SMILES string of the molecule is CCCN(CCC)C(=O)c1cc(C)cc(C(=O)O[C@H](CNC2CCC(C)CC2)[C@@H](N)Cc2cc(F)cc(F)c2)c1. The zero-order valence-electron chi connectivity index (χ0n) is 24.3. The smallest absolute Gasteiger partial charge is 0.338 e. The fourth-order valence-corrected chi connectivity index (χ4v) is 5.43. The van der Waals surface area contributed by atoms with Gasteiger partial charge in [0.15, 0.2) is 0 Å². The van der Waals surface area contributed by atoms with Crippen LogP contribution in [0.3, 0.4) is 0 Å². The van der Waals surface area contributed by atoms with E-state index in [4.69, 9.17) is 10.5 Å². The van der Waals surface area contributed by atoms with Crippen LogP contribution in [0.25, 0.3) is 0 Å². The number of aryl methyl sites for hydroxylation is 1. The summed E-state index contributed by atoms with van der Waals surface area (Å²) in [5.41, 5.74) is 8.39. The Morgan fingerprint density at radius 1 is 0.975 bits per heavy atom. The summed E-state index contributed by atoms with van der Waals surface area (Å²) >= 11 is 0. The molecule has 2 atom stereocenters. The van der Waals surface area contributed by atoms with Gasteiger partial charge in [0.2, 0.25) is 0 Å². The van der Waals surface area contributed by atoms with Crippen molar-refractivity contribution in [2.75, 3.05) is 19.6 Å². The maximum atomic E-state index is 13.8. The van der Waals surface area contributed by atoms with Crippen LogP contribution >= 0.6 is 0 Å². The number of carbonyl (C=O) groups excluding carboxylic acids is 2. The van der Waals surface area contributed by atoms with Gasteiger partial charge in [-0.3, -0.25) is 4.79 Å². The van der Waals surface area contributed by atoms with Crippen LogP contribution in [0.15, 0.2) is 36.4 Å². The molecule has 1 fully saturated rings. The van der Waals surface area contributed by atoms with Crippen molar-refractivity contribution in [3.8, 4) is 0 Å². The van der Waals surface area contributed by atoms with Crippen LogP contribution in [0.4, 0.5) is 8.78 Å². The standard InChI is InChI=1S/C32H45F2N3O3/c1-5-11-37(12-6-2)31(38)24-13-22(4)14-25(18-24)32(39)40-30(20-36-28-9-7-21(3)8-10-28)29(35)17-23-15-26(33)19-27(34)16-23/h13-16,18-19,21,28-30,36H,5-12,17,20,35H2,1-4H3/t21?,28?,29-,30+/m0/s1. The first kappa shape index (κ1) is 31.7. The number of hydrogen-bond donors (Lipinski definition) is 2. The molecule has 3 N–H and O–H groups in total. The number of halogens is 2. The molecule has 0 bridgehead atoms. The Labute approximate surface area is 237 Å². The van der Waals surface area contributed by atoms with Crippen LogP contribution in [-0.4, -0.2) is 54.6 Å². The Hall–Kier alpha value is -2.84. The molecule has 0 heterocycles. The van der Waals surface area contributed by atoms with Gasteiger partial charge in [-0.25, -0.2) is 13.6 Å². The molecule has 1 amide bonds. The van der Waals surface area contributed by atoms with Crippen molar-refractivity contribution in [1.82, 2.24) is 10.2 Å². The van der Waals surface area contributed by atoms with Gasteiger partial charge in [-0.05, 0) is 99.2 Å². The predicted octanol–water partition coefficient (Wildman–Crippen LogP) is 5.80. The molecule has 2 aromatic rings. The molecule has 6 nitrogen and oxygen atoms in total. The molecule has 220 valence electrons. The minimum Gasteiger partial charge on any atom is -0.456 e.